The predicted octanol–water partition coefficient (Wildman–Crippen LogP) is 2.31. The molecule has 0 N–H and O–H groups in total. The Morgan fingerprint density at radius 3 is 2.33 bits per heavy atom. The molecule has 0 aliphatic heterocycles. The van der Waals surface area contributed by atoms with Gasteiger partial charge in [0.2, 0.25) is 0 Å². The van der Waals surface area contributed by atoms with E-state index in [0.29, 0.717) is 5.92 Å². The fourth-order valence-electron chi connectivity index (χ4n) is 1.17. The molecule has 0 bridgehead atoms. The van der Waals surface area contributed by atoms with Crippen LogP contribution in [0.1, 0.15) is 19.8 Å². The van der Waals surface area contributed by atoms with Crippen LogP contribution in [0.2, 0.25) is 0 Å². The first-order valence-electron chi connectivity index (χ1n) is 4.11. The topological polar surface area (TPSA) is 35.5 Å². The third-order valence-corrected chi connectivity index (χ3v) is 2.34. The van der Waals surface area contributed by atoms with Crippen molar-refractivity contribution in [3.63, 3.8) is 0 Å². The number of hydrogen-bond acceptors (Lipinski definition) is 3. The Kier molecular flexibility index (Phi) is 7.67. The van der Waals surface area contributed by atoms with Crippen molar-refractivity contribution in [2.24, 2.45) is 5.92 Å². The van der Waals surface area contributed by atoms with Gasteiger partial charge in [-0.1, -0.05) is 6.92 Å². The molecular weight excluding hydrogens is 175 g/mol. The standard InChI is InChI=1S/C8H17O3P/c1-7(5-4-6-12-9)8(10-2)11-3/h7-8H,4-6H2,1-3H3. The fourth-order valence-corrected chi connectivity index (χ4v) is 1.49. The molecule has 0 saturated heterocycles. The maximum atomic E-state index is 10.1. The molecule has 0 aromatic carbocycles. The molecule has 0 fully saturated rings. The van der Waals surface area contributed by atoms with Crippen molar-refractivity contribution < 1.29 is 14.0 Å². The van der Waals surface area contributed by atoms with Crippen molar-refractivity contribution in [3.8, 4) is 0 Å². The summed E-state index contributed by atoms with van der Waals surface area (Å²) in [6.07, 6.45) is 2.54. The van der Waals surface area contributed by atoms with E-state index in [9.17, 15) is 4.57 Å². The molecule has 12 heavy (non-hydrogen) atoms. The highest BCUT2D eigenvalue weighted by atomic mass is 31.1. The van der Waals surface area contributed by atoms with E-state index < -0.39 is 0 Å². The van der Waals surface area contributed by atoms with E-state index in [1.807, 2.05) is 0 Å². The van der Waals surface area contributed by atoms with Gasteiger partial charge in [-0.15, -0.1) is 0 Å². The van der Waals surface area contributed by atoms with E-state index in [2.05, 4.69) is 6.92 Å². The lowest BCUT2D eigenvalue weighted by molar-refractivity contribution is -0.134. The molecule has 0 amide bonds. The number of ether oxygens (including phenoxy) is 2. The van der Waals surface area contributed by atoms with E-state index in [4.69, 9.17) is 9.47 Å². The van der Waals surface area contributed by atoms with Crippen LogP contribution in [0.4, 0.5) is 0 Å². The summed E-state index contributed by atoms with van der Waals surface area (Å²) in [6.45, 7) is 2.07. The van der Waals surface area contributed by atoms with Crippen LogP contribution in [0.15, 0.2) is 0 Å². The third kappa shape index (κ3) is 4.81. The van der Waals surface area contributed by atoms with Gasteiger partial charge in [0.05, 0.1) is 0 Å². The summed E-state index contributed by atoms with van der Waals surface area (Å²) in [4.78, 5) is 0. The van der Waals surface area contributed by atoms with Gasteiger partial charge in [-0.3, -0.25) is 4.57 Å². The van der Waals surface area contributed by atoms with Gasteiger partial charge in [0.1, 0.15) is 0 Å². The second-order valence-corrected chi connectivity index (χ2v) is 3.52. The Morgan fingerprint density at radius 2 is 1.92 bits per heavy atom. The third-order valence-electron chi connectivity index (χ3n) is 1.84. The Morgan fingerprint density at radius 1 is 1.33 bits per heavy atom. The zero-order valence-corrected chi connectivity index (χ0v) is 8.84. The predicted molar refractivity (Wildman–Crippen MR) is 48.7 cm³/mol. The van der Waals surface area contributed by atoms with Crippen LogP contribution in [0.25, 0.3) is 0 Å². The maximum Gasteiger partial charge on any atom is 0.159 e. The van der Waals surface area contributed by atoms with Gasteiger partial charge in [0.15, 0.2) is 14.8 Å². The first kappa shape index (κ1) is 12.0. The van der Waals surface area contributed by atoms with Crippen molar-refractivity contribution in [1.82, 2.24) is 0 Å². The highest BCUT2D eigenvalue weighted by molar-refractivity contribution is 7.23. The summed E-state index contributed by atoms with van der Waals surface area (Å²) in [6, 6.07) is 0. The molecule has 4 heteroatoms. The lowest BCUT2D eigenvalue weighted by Crippen LogP contribution is -2.22. The molecule has 0 rings (SSSR count). The average Bonchev–Trinajstić information content (AvgIpc) is 2.07. The largest absolute Gasteiger partial charge is 0.356 e. The van der Waals surface area contributed by atoms with Crippen molar-refractivity contribution in [2.45, 2.75) is 26.1 Å². The van der Waals surface area contributed by atoms with E-state index in [0.717, 1.165) is 19.0 Å². The SMILES string of the molecule is COC(OC)C(C)CCCP=O. The molecule has 0 aliphatic rings. The van der Waals surface area contributed by atoms with Crippen LogP contribution >= 0.6 is 8.46 Å². The Bertz CT molecular complexity index is 115. The van der Waals surface area contributed by atoms with Crippen LogP contribution in [0.5, 0.6) is 0 Å². The second kappa shape index (κ2) is 7.66. The van der Waals surface area contributed by atoms with Gasteiger partial charge in [-0.2, -0.15) is 0 Å². The summed E-state index contributed by atoms with van der Waals surface area (Å²) < 4.78 is 20.3. The van der Waals surface area contributed by atoms with Gasteiger partial charge in [-0.25, -0.2) is 0 Å². The normalized spacial score (nSPS) is 14.0. The molecule has 0 aromatic heterocycles. The molecular formula is C8H17O3P. The molecule has 72 valence electrons. The van der Waals surface area contributed by atoms with Crippen molar-refractivity contribution in [3.05, 3.63) is 0 Å². The van der Waals surface area contributed by atoms with Gasteiger partial charge in [0.25, 0.3) is 0 Å². The van der Waals surface area contributed by atoms with Crippen LogP contribution in [0.3, 0.4) is 0 Å². The van der Waals surface area contributed by atoms with E-state index >= 15 is 0 Å². The van der Waals surface area contributed by atoms with Crippen molar-refractivity contribution in [2.75, 3.05) is 20.4 Å². The van der Waals surface area contributed by atoms with Gasteiger partial charge in [0, 0.05) is 26.3 Å². The number of rotatable bonds is 7. The van der Waals surface area contributed by atoms with Crippen LogP contribution in [0, 0.1) is 5.92 Å². The molecule has 0 aliphatic carbocycles. The molecule has 0 saturated carbocycles. The average molecular weight is 192 g/mol. The summed E-state index contributed by atoms with van der Waals surface area (Å²) in [7, 11) is 3.50. The van der Waals surface area contributed by atoms with Crippen LogP contribution in [-0.2, 0) is 14.0 Å². The highest BCUT2D eigenvalue weighted by Gasteiger charge is 2.14. The van der Waals surface area contributed by atoms with E-state index in [1.54, 1.807) is 14.2 Å². The fraction of sp³-hybridized carbons (Fsp3) is 1.00. The number of hydrogen-bond donors (Lipinski definition) is 0. The zero-order chi connectivity index (χ0) is 9.40. The zero-order valence-electron chi connectivity index (χ0n) is 7.95. The highest BCUT2D eigenvalue weighted by Crippen LogP contribution is 2.15. The van der Waals surface area contributed by atoms with Gasteiger partial charge < -0.3 is 9.47 Å². The summed E-state index contributed by atoms with van der Waals surface area (Å²) in [5.74, 6) is 0.363. The minimum Gasteiger partial charge on any atom is -0.356 e. The molecule has 0 radical (unpaired) electrons. The van der Waals surface area contributed by atoms with Crippen molar-refractivity contribution >= 4 is 8.46 Å². The lowest BCUT2D eigenvalue weighted by Gasteiger charge is -2.20. The second-order valence-electron chi connectivity index (χ2n) is 2.81. The molecule has 0 spiro atoms. The summed E-state index contributed by atoms with van der Waals surface area (Å²) in [5, 5.41) is 0. The van der Waals surface area contributed by atoms with E-state index in [-0.39, 0.29) is 14.8 Å². The van der Waals surface area contributed by atoms with Crippen molar-refractivity contribution in [1.29, 1.82) is 0 Å². The molecule has 0 aromatic rings. The first-order valence-corrected chi connectivity index (χ1v) is 5.10. The lowest BCUT2D eigenvalue weighted by atomic mass is 10.1. The molecule has 3 nitrogen and oxygen atoms in total. The van der Waals surface area contributed by atoms with E-state index in [1.165, 1.54) is 0 Å². The minimum atomic E-state index is -0.131. The maximum absolute atomic E-state index is 10.1. The van der Waals surface area contributed by atoms with Gasteiger partial charge >= 0.3 is 0 Å². The Labute approximate surface area is 75.6 Å². The van der Waals surface area contributed by atoms with Gasteiger partial charge in [-0.05, 0) is 12.8 Å². The molecule has 1 atom stereocenters. The van der Waals surface area contributed by atoms with Crippen LogP contribution < -0.4 is 0 Å². The molecule has 1 unspecified atom stereocenters. The quantitative estimate of drug-likeness (QED) is 0.353. The first-order chi connectivity index (χ1) is 5.76. The summed E-state index contributed by atoms with van der Waals surface area (Å²) >= 11 is 0. The molecule has 0 heterocycles. The number of methoxy groups -OCH3 is 2. The van der Waals surface area contributed by atoms with Crippen LogP contribution in [-0.4, -0.2) is 26.7 Å². The Hall–Kier alpha value is 0.0200. The monoisotopic (exact) mass is 192 g/mol. The smallest absolute Gasteiger partial charge is 0.159 e. The minimum absolute atomic E-state index is 0.131. The Balaban J connectivity index is 3.53. The summed E-state index contributed by atoms with van der Waals surface area (Å²) in [5.41, 5.74) is 0.